The van der Waals surface area contributed by atoms with Crippen molar-refractivity contribution in [3.05, 3.63) is 71.0 Å². The molecule has 1 unspecified atom stereocenters. The van der Waals surface area contributed by atoms with Crippen molar-refractivity contribution >= 4 is 68.1 Å². The first-order valence-electron chi connectivity index (χ1n) is 14.3. The van der Waals surface area contributed by atoms with E-state index in [4.69, 9.17) is 5.73 Å². The fraction of sp³-hybridized carbons (Fsp3) is 0.379. The van der Waals surface area contributed by atoms with Gasteiger partial charge in [-0.1, -0.05) is 6.07 Å². The molecule has 48 heavy (non-hydrogen) atoms. The molecule has 5 N–H and O–H groups in total. The van der Waals surface area contributed by atoms with E-state index in [9.17, 15) is 32.0 Å². The van der Waals surface area contributed by atoms with E-state index in [-0.39, 0.29) is 72.8 Å². The summed E-state index contributed by atoms with van der Waals surface area (Å²) in [5.74, 6) is -0.217. The molecule has 1 aromatic heterocycles. The van der Waals surface area contributed by atoms with E-state index in [0.717, 1.165) is 10.6 Å². The normalized spacial score (nSPS) is 14.2. The van der Waals surface area contributed by atoms with Crippen LogP contribution in [0.4, 0.5) is 17.3 Å². The van der Waals surface area contributed by atoms with Gasteiger partial charge in [0.15, 0.2) is 0 Å². The number of hydrogen-bond donors (Lipinski definition) is 4. The minimum absolute atomic E-state index is 0. The van der Waals surface area contributed by atoms with Gasteiger partial charge in [-0.15, -0.1) is 24.8 Å². The monoisotopic (exact) mass is 743 g/mol. The summed E-state index contributed by atoms with van der Waals surface area (Å²) in [6, 6.07) is 14.0. The van der Waals surface area contributed by atoms with E-state index in [1.807, 2.05) is 11.0 Å². The molecule has 2 aromatic carbocycles. The molecule has 2 heterocycles. The van der Waals surface area contributed by atoms with Gasteiger partial charge in [-0.2, -0.15) is 9.57 Å². The first-order chi connectivity index (χ1) is 21.7. The molecule has 1 aliphatic heterocycles. The number of rotatable bonds is 12. The number of hydrogen-bond acceptors (Lipinski definition) is 12. The second-order valence-electron chi connectivity index (χ2n) is 10.8. The summed E-state index contributed by atoms with van der Waals surface area (Å²) in [5.41, 5.74) is 7.54. The number of nitrogens with zero attached hydrogens (tertiary/aromatic N) is 6. The molecule has 3 aromatic rings. The maximum Gasteiger partial charge on any atom is 0.257 e. The number of benzene rings is 2. The van der Waals surface area contributed by atoms with E-state index in [2.05, 4.69) is 20.6 Å². The number of aliphatic hydroxyl groups excluding tert-OH is 1. The molecule has 0 radical (unpaired) electrons. The summed E-state index contributed by atoms with van der Waals surface area (Å²) >= 11 is 0. The average molecular weight is 745 g/mol. The zero-order chi connectivity index (χ0) is 33.6. The summed E-state index contributed by atoms with van der Waals surface area (Å²) in [6.45, 7) is 3.43. The number of nitrogens with two attached hydrogens (primary N) is 1. The Morgan fingerprint density at radius 1 is 1.06 bits per heavy atom. The number of carbonyl (C=O) groups excluding carboxylic acids is 1. The van der Waals surface area contributed by atoms with Crippen molar-refractivity contribution in [1.82, 2.24) is 19.6 Å². The predicted octanol–water partition coefficient (Wildman–Crippen LogP) is 1.07. The molecule has 0 aliphatic carbocycles. The second-order valence-corrected chi connectivity index (χ2v) is 14.7. The van der Waals surface area contributed by atoms with Gasteiger partial charge in [0.1, 0.15) is 11.8 Å². The Morgan fingerprint density at radius 3 is 2.29 bits per heavy atom. The number of aromatic nitrogens is 2. The molecule has 1 amide bonds. The molecule has 1 atom stereocenters. The number of carbonyl (C=O) groups is 1. The van der Waals surface area contributed by atoms with Gasteiger partial charge in [-0.3, -0.25) is 9.10 Å². The summed E-state index contributed by atoms with van der Waals surface area (Å²) < 4.78 is 53.7. The maximum atomic E-state index is 13.4. The lowest BCUT2D eigenvalue weighted by Gasteiger charge is -2.34. The molecular formula is C29H39Cl2N9O6S2. The summed E-state index contributed by atoms with van der Waals surface area (Å²) in [4.78, 5) is 23.9. The number of sulfonamides is 2. The van der Waals surface area contributed by atoms with Crippen LogP contribution in [0.1, 0.15) is 27.3 Å². The fourth-order valence-electron chi connectivity index (χ4n) is 4.73. The first kappa shape index (κ1) is 40.6. The number of aliphatic hydroxyl groups is 1. The molecule has 0 spiro atoms. The first-order valence-corrected chi connectivity index (χ1v) is 17.6. The highest BCUT2D eigenvalue weighted by atomic mass is 35.5. The highest BCUT2D eigenvalue weighted by Crippen LogP contribution is 2.26. The van der Waals surface area contributed by atoms with Crippen LogP contribution < -0.4 is 25.6 Å². The van der Waals surface area contributed by atoms with Crippen molar-refractivity contribution in [1.29, 1.82) is 5.26 Å². The Balaban J connectivity index is 0.00000400. The third kappa shape index (κ3) is 9.96. The topological polar surface area (TPSA) is 215 Å². The Bertz CT molecular complexity index is 1830. The number of aryl methyl sites for hydroxylation is 1. The lowest BCUT2D eigenvalue weighted by atomic mass is 10.1. The van der Waals surface area contributed by atoms with Crippen LogP contribution in [-0.4, -0.2) is 101 Å². The lowest BCUT2D eigenvalue weighted by Crippen LogP contribution is -2.49. The van der Waals surface area contributed by atoms with Crippen molar-refractivity contribution in [3.63, 3.8) is 0 Å². The van der Waals surface area contributed by atoms with E-state index in [1.165, 1.54) is 41.7 Å². The maximum absolute atomic E-state index is 13.4. The van der Waals surface area contributed by atoms with Crippen molar-refractivity contribution in [2.75, 3.05) is 67.1 Å². The molecule has 1 fully saturated rings. The quantitative estimate of drug-likeness (QED) is 0.205. The van der Waals surface area contributed by atoms with Crippen molar-refractivity contribution in [2.24, 2.45) is 5.73 Å². The molecular weight excluding hydrogens is 705 g/mol. The highest BCUT2D eigenvalue weighted by Gasteiger charge is 2.30. The van der Waals surface area contributed by atoms with Gasteiger partial charge < -0.3 is 26.4 Å². The van der Waals surface area contributed by atoms with Crippen molar-refractivity contribution < 1.29 is 26.7 Å². The molecule has 19 heteroatoms. The summed E-state index contributed by atoms with van der Waals surface area (Å²) in [7, 11) is -6.20. The molecule has 262 valence electrons. The van der Waals surface area contributed by atoms with Crippen LogP contribution in [0.2, 0.25) is 0 Å². The number of halogens is 2. The Kier molecular flexibility index (Phi) is 14.5. The minimum Gasteiger partial charge on any atom is -0.390 e. The summed E-state index contributed by atoms with van der Waals surface area (Å²) in [6.07, 6.45) is 0.292. The van der Waals surface area contributed by atoms with Crippen molar-refractivity contribution in [2.45, 2.75) is 24.5 Å². The van der Waals surface area contributed by atoms with Gasteiger partial charge >= 0.3 is 0 Å². The van der Waals surface area contributed by atoms with Crippen LogP contribution in [0.15, 0.2) is 53.4 Å². The largest absolute Gasteiger partial charge is 0.390 e. The van der Waals surface area contributed by atoms with E-state index in [0.29, 0.717) is 42.5 Å². The SMILES string of the molecule is Cc1cc(C#N)nc(N2CCN(S(=O)(=O)c3ccc(NC(=O)c4cc(CNCC(O)CN)ccc4N(C)S(C)(=O)=O)cc3)CC2)n1.Cl.Cl. The molecule has 15 nitrogen and oxygen atoms in total. The van der Waals surface area contributed by atoms with Crippen LogP contribution in [0.3, 0.4) is 0 Å². The highest BCUT2D eigenvalue weighted by molar-refractivity contribution is 7.92. The Labute approximate surface area is 293 Å². The zero-order valence-corrected chi connectivity index (χ0v) is 29.8. The number of nitriles is 1. The van der Waals surface area contributed by atoms with Gasteiger partial charge in [0.25, 0.3) is 5.91 Å². The zero-order valence-electron chi connectivity index (χ0n) is 26.5. The van der Waals surface area contributed by atoms with Crippen LogP contribution in [-0.2, 0) is 26.6 Å². The third-order valence-electron chi connectivity index (χ3n) is 7.35. The molecule has 0 saturated carbocycles. The van der Waals surface area contributed by atoms with Crippen molar-refractivity contribution in [3.8, 4) is 6.07 Å². The van der Waals surface area contributed by atoms with Gasteiger partial charge in [-0.25, -0.2) is 26.8 Å². The van der Waals surface area contributed by atoms with E-state index < -0.39 is 32.1 Å². The summed E-state index contributed by atoms with van der Waals surface area (Å²) in [5, 5.41) is 24.7. The molecule has 1 aliphatic rings. The van der Waals surface area contributed by atoms with Gasteiger partial charge in [0.05, 0.1) is 28.5 Å². The van der Waals surface area contributed by atoms with Crippen LogP contribution in [0, 0.1) is 18.3 Å². The lowest BCUT2D eigenvalue weighted by molar-refractivity contribution is 0.102. The molecule has 0 bridgehead atoms. The predicted molar refractivity (Wildman–Crippen MR) is 188 cm³/mol. The fourth-order valence-corrected chi connectivity index (χ4v) is 6.67. The smallest absolute Gasteiger partial charge is 0.257 e. The minimum atomic E-state index is -3.85. The standard InChI is InChI=1S/C29H37N9O6S2.2ClH/c1-20-14-23(16-30)35-29(33-20)37-10-12-38(13-11-37)46(43,44)25-7-5-22(6-8-25)34-28(40)26-15-21(18-32-19-24(39)17-31)4-9-27(26)36(2)45(3,41)42;;/h4-9,14-15,24,32,39H,10-13,17-19,31H2,1-3H3,(H,34,40);2*1H. The number of piperazine rings is 1. The third-order valence-corrected chi connectivity index (χ3v) is 10.5. The van der Waals surface area contributed by atoms with Gasteiger partial charge in [-0.05, 0) is 55.0 Å². The Hall–Kier alpha value is -3.60. The number of anilines is 3. The van der Waals surface area contributed by atoms with Gasteiger partial charge in [0.2, 0.25) is 26.0 Å². The average Bonchev–Trinajstić information content (AvgIpc) is 3.03. The van der Waals surface area contributed by atoms with Gasteiger partial charge in [0, 0.05) is 64.2 Å². The van der Waals surface area contributed by atoms with E-state index in [1.54, 1.807) is 25.1 Å². The number of nitrogens with one attached hydrogen (secondary N) is 2. The molecule has 1 saturated heterocycles. The molecule has 4 rings (SSSR count). The van der Waals surface area contributed by atoms with E-state index >= 15 is 0 Å². The number of amides is 1. The van der Waals surface area contributed by atoms with Crippen LogP contribution in [0.25, 0.3) is 0 Å². The Morgan fingerprint density at radius 2 is 1.71 bits per heavy atom. The van der Waals surface area contributed by atoms with Crippen LogP contribution in [0.5, 0.6) is 0 Å². The van der Waals surface area contributed by atoms with Crippen LogP contribution >= 0.6 is 24.8 Å². The second kappa shape index (κ2) is 17.2.